The number of primary amides is 1. The average molecular weight is 158 g/mol. The lowest BCUT2D eigenvalue weighted by Crippen LogP contribution is -2.16. The molecule has 1 amide bonds. The highest BCUT2D eigenvalue weighted by Gasteiger charge is 2.04. The van der Waals surface area contributed by atoms with Gasteiger partial charge in [0, 0.05) is 17.0 Å². The third-order valence-electron chi connectivity index (χ3n) is 1.13. The topological polar surface area (TPSA) is 55.4 Å². The van der Waals surface area contributed by atoms with E-state index < -0.39 is 5.91 Å². The Bertz CT molecular complexity index is 186. The van der Waals surface area contributed by atoms with Gasteiger partial charge in [-0.2, -0.15) is 12.6 Å². The number of amides is 1. The summed E-state index contributed by atoms with van der Waals surface area (Å²) >= 11 is 3.90. The van der Waals surface area contributed by atoms with Crippen LogP contribution in [0.15, 0.2) is 16.3 Å². The van der Waals surface area contributed by atoms with E-state index in [9.17, 15) is 4.79 Å². The number of carbonyl (C=O) groups excluding carboxylic acids is 1. The van der Waals surface area contributed by atoms with Crippen LogP contribution in [0.3, 0.4) is 0 Å². The van der Waals surface area contributed by atoms with E-state index in [0.29, 0.717) is 17.0 Å². The molecule has 0 fully saturated rings. The van der Waals surface area contributed by atoms with Gasteiger partial charge in [0.05, 0.1) is 0 Å². The Kier molecular flexibility index (Phi) is 3.79. The molecule has 0 aromatic heterocycles. The van der Waals surface area contributed by atoms with Crippen LogP contribution in [0.25, 0.3) is 0 Å². The number of nitrogens with zero attached hydrogens (tertiary/aromatic N) is 1. The van der Waals surface area contributed by atoms with Gasteiger partial charge in [0.15, 0.2) is 0 Å². The quantitative estimate of drug-likeness (QED) is 0.348. The molecule has 4 heteroatoms. The fraction of sp³-hybridized carbons (Fsp3) is 0.333. The van der Waals surface area contributed by atoms with Gasteiger partial charge in [0.1, 0.15) is 0 Å². The van der Waals surface area contributed by atoms with Crippen molar-refractivity contribution in [2.45, 2.75) is 6.92 Å². The summed E-state index contributed by atoms with van der Waals surface area (Å²) in [6, 6.07) is 0. The first kappa shape index (κ1) is 9.23. The van der Waals surface area contributed by atoms with Gasteiger partial charge in [-0.15, -0.1) is 0 Å². The van der Waals surface area contributed by atoms with Gasteiger partial charge in [-0.25, -0.2) is 0 Å². The van der Waals surface area contributed by atoms with E-state index in [1.165, 1.54) is 0 Å². The lowest BCUT2D eigenvalue weighted by atomic mass is 10.2. The summed E-state index contributed by atoms with van der Waals surface area (Å²) in [5.41, 5.74) is 5.95. The summed E-state index contributed by atoms with van der Waals surface area (Å²) in [7, 11) is 0. The summed E-state index contributed by atoms with van der Waals surface area (Å²) in [4.78, 5) is 14.1. The van der Waals surface area contributed by atoms with Crippen LogP contribution < -0.4 is 5.73 Å². The molecule has 0 aliphatic carbocycles. The second kappa shape index (κ2) is 4.11. The maximum Gasteiger partial charge on any atom is 0.247 e. The molecular weight excluding hydrogens is 148 g/mol. The van der Waals surface area contributed by atoms with Crippen LogP contribution in [0, 0.1) is 0 Å². The molecule has 10 heavy (non-hydrogen) atoms. The Morgan fingerprint density at radius 2 is 2.30 bits per heavy atom. The molecule has 0 aliphatic rings. The van der Waals surface area contributed by atoms with Crippen molar-refractivity contribution in [3.8, 4) is 0 Å². The van der Waals surface area contributed by atoms with Gasteiger partial charge in [0.2, 0.25) is 5.91 Å². The third kappa shape index (κ3) is 2.23. The van der Waals surface area contributed by atoms with E-state index >= 15 is 0 Å². The molecule has 56 valence electrons. The van der Waals surface area contributed by atoms with Gasteiger partial charge in [0.25, 0.3) is 0 Å². The van der Waals surface area contributed by atoms with E-state index in [1.54, 1.807) is 6.92 Å². The Hall–Kier alpha value is -0.770. The van der Waals surface area contributed by atoms with Gasteiger partial charge < -0.3 is 5.73 Å². The molecule has 0 saturated carbocycles. The molecule has 0 radical (unpaired) electrons. The Labute approximate surface area is 65.4 Å². The molecule has 0 rings (SSSR count). The zero-order chi connectivity index (χ0) is 8.15. The van der Waals surface area contributed by atoms with Crippen molar-refractivity contribution >= 4 is 25.3 Å². The van der Waals surface area contributed by atoms with Crippen molar-refractivity contribution in [2.75, 3.05) is 5.75 Å². The molecule has 0 spiro atoms. The number of allylic oxidation sites excluding steroid dienone is 1. The van der Waals surface area contributed by atoms with Crippen LogP contribution in [0.1, 0.15) is 6.92 Å². The maximum absolute atomic E-state index is 10.6. The highest BCUT2D eigenvalue weighted by molar-refractivity contribution is 7.80. The van der Waals surface area contributed by atoms with E-state index in [2.05, 4.69) is 24.3 Å². The van der Waals surface area contributed by atoms with Crippen molar-refractivity contribution in [2.24, 2.45) is 10.7 Å². The van der Waals surface area contributed by atoms with Crippen molar-refractivity contribution in [1.82, 2.24) is 0 Å². The van der Waals surface area contributed by atoms with Crippen LogP contribution in [0.4, 0.5) is 0 Å². The lowest BCUT2D eigenvalue weighted by molar-refractivity contribution is -0.114. The first-order valence-electron chi connectivity index (χ1n) is 2.70. The SMILES string of the molecule is C=N/C(C)=C(\CS)C(N)=O. The molecule has 0 heterocycles. The summed E-state index contributed by atoms with van der Waals surface area (Å²) in [6.45, 7) is 4.93. The fourth-order valence-corrected chi connectivity index (χ4v) is 0.851. The monoisotopic (exact) mass is 158 g/mol. The smallest absolute Gasteiger partial charge is 0.247 e. The minimum Gasteiger partial charge on any atom is -0.366 e. The zero-order valence-corrected chi connectivity index (χ0v) is 6.69. The van der Waals surface area contributed by atoms with Crippen molar-refractivity contribution in [1.29, 1.82) is 0 Å². The molecule has 0 bridgehead atoms. The van der Waals surface area contributed by atoms with Crippen molar-refractivity contribution in [3.63, 3.8) is 0 Å². The Morgan fingerprint density at radius 3 is 2.40 bits per heavy atom. The molecule has 0 atom stereocenters. The van der Waals surface area contributed by atoms with E-state index in [4.69, 9.17) is 5.73 Å². The number of thiol groups is 1. The molecule has 2 N–H and O–H groups in total. The number of nitrogens with two attached hydrogens (primary N) is 1. The van der Waals surface area contributed by atoms with E-state index in [1.807, 2.05) is 0 Å². The Morgan fingerprint density at radius 1 is 1.80 bits per heavy atom. The number of hydrogen-bond donors (Lipinski definition) is 2. The Balaban J connectivity index is 4.62. The zero-order valence-electron chi connectivity index (χ0n) is 5.79. The van der Waals surface area contributed by atoms with Crippen molar-refractivity contribution in [3.05, 3.63) is 11.3 Å². The number of carbonyl (C=O) groups is 1. The number of rotatable bonds is 3. The normalized spacial score (nSPS) is 12.2. The predicted molar refractivity (Wildman–Crippen MR) is 45.3 cm³/mol. The van der Waals surface area contributed by atoms with Crippen LogP contribution >= 0.6 is 12.6 Å². The first-order chi connectivity index (χ1) is 4.63. The summed E-state index contributed by atoms with van der Waals surface area (Å²) < 4.78 is 0. The standard InChI is InChI=1S/C6H10N2OS/c1-4(8-2)5(3-10)6(7)9/h10H,2-3H2,1H3,(H2,7,9)/b5-4+. The summed E-state index contributed by atoms with van der Waals surface area (Å²) in [5.74, 6) is -0.180. The number of aliphatic imine (C=N–C) groups is 1. The molecular formula is C6H10N2OS. The van der Waals surface area contributed by atoms with Gasteiger partial charge in [-0.1, -0.05) is 0 Å². The minimum absolute atomic E-state index is 0.306. The van der Waals surface area contributed by atoms with Crippen LogP contribution in [-0.4, -0.2) is 18.4 Å². The second-order valence-corrected chi connectivity index (χ2v) is 2.06. The van der Waals surface area contributed by atoms with Gasteiger partial charge in [-0.3, -0.25) is 9.79 Å². The van der Waals surface area contributed by atoms with E-state index in [0.717, 1.165) is 0 Å². The largest absolute Gasteiger partial charge is 0.366 e. The third-order valence-corrected chi connectivity index (χ3v) is 1.45. The molecule has 3 nitrogen and oxygen atoms in total. The van der Waals surface area contributed by atoms with Gasteiger partial charge in [-0.05, 0) is 13.6 Å². The van der Waals surface area contributed by atoms with Crippen LogP contribution in [0.2, 0.25) is 0 Å². The highest BCUT2D eigenvalue weighted by atomic mass is 32.1. The molecule has 0 aliphatic heterocycles. The predicted octanol–water partition coefficient (Wildman–Crippen LogP) is 0.376. The summed E-state index contributed by atoms with van der Waals surface area (Å²) in [5, 5.41) is 0. The van der Waals surface area contributed by atoms with Crippen LogP contribution in [0.5, 0.6) is 0 Å². The molecule has 0 unspecified atom stereocenters. The summed E-state index contributed by atoms with van der Waals surface area (Å²) in [6.07, 6.45) is 0. The number of hydrogen-bond acceptors (Lipinski definition) is 3. The maximum atomic E-state index is 10.6. The van der Waals surface area contributed by atoms with E-state index in [-0.39, 0.29) is 0 Å². The van der Waals surface area contributed by atoms with Crippen molar-refractivity contribution < 1.29 is 4.79 Å². The average Bonchev–Trinajstić information content (AvgIpc) is 1.88. The van der Waals surface area contributed by atoms with Crippen LogP contribution in [-0.2, 0) is 4.79 Å². The highest BCUT2D eigenvalue weighted by Crippen LogP contribution is 2.05. The van der Waals surface area contributed by atoms with Gasteiger partial charge >= 0.3 is 0 Å². The molecule has 0 aromatic carbocycles. The molecule has 0 saturated heterocycles. The second-order valence-electron chi connectivity index (χ2n) is 1.74. The lowest BCUT2D eigenvalue weighted by Gasteiger charge is -1.99. The molecule has 0 aromatic rings. The fourth-order valence-electron chi connectivity index (χ4n) is 0.466. The first-order valence-corrected chi connectivity index (χ1v) is 3.33. The minimum atomic E-state index is -0.486.